The number of aromatic nitrogens is 2. The standard InChI is InChI=1S/C11H11ClN4/c12-10-4-9(13)7-16-11(10)15-6-8-2-1-3-14-5-8/h1-5,7H,6,13H2,(H,15,16). The summed E-state index contributed by atoms with van der Waals surface area (Å²) in [4.78, 5) is 8.12. The van der Waals surface area contributed by atoms with E-state index in [9.17, 15) is 0 Å². The molecule has 2 aromatic rings. The summed E-state index contributed by atoms with van der Waals surface area (Å²) in [5, 5.41) is 3.64. The fourth-order valence-electron chi connectivity index (χ4n) is 1.27. The van der Waals surface area contributed by atoms with E-state index in [1.807, 2.05) is 12.1 Å². The van der Waals surface area contributed by atoms with Crippen LogP contribution in [0.4, 0.5) is 11.5 Å². The summed E-state index contributed by atoms with van der Waals surface area (Å²) in [6, 6.07) is 5.53. The molecule has 2 heterocycles. The summed E-state index contributed by atoms with van der Waals surface area (Å²) in [6.45, 7) is 0.629. The van der Waals surface area contributed by atoms with Crippen molar-refractivity contribution < 1.29 is 0 Å². The number of nitrogens with zero attached hydrogens (tertiary/aromatic N) is 2. The highest BCUT2D eigenvalue weighted by molar-refractivity contribution is 6.33. The van der Waals surface area contributed by atoms with Crippen LogP contribution >= 0.6 is 11.6 Å². The van der Waals surface area contributed by atoms with Gasteiger partial charge in [0.2, 0.25) is 0 Å². The number of rotatable bonds is 3. The Hall–Kier alpha value is -1.81. The number of anilines is 2. The predicted octanol–water partition coefficient (Wildman–Crippen LogP) is 2.32. The molecule has 0 aliphatic carbocycles. The second kappa shape index (κ2) is 4.81. The average molecular weight is 235 g/mol. The van der Waals surface area contributed by atoms with E-state index < -0.39 is 0 Å². The zero-order chi connectivity index (χ0) is 11.4. The molecule has 3 N–H and O–H groups in total. The van der Waals surface area contributed by atoms with Gasteiger partial charge in [0.05, 0.1) is 16.9 Å². The molecule has 2 aromatic heterocycles. The Morgan fingerprint density at radius 3 is 2.94 bits per heavy atom. The molecule has 0 saturated carbocycles. The number of nitrogens with one attached hydrogen (secondary N) is 1. The van der Waals surface area contributed by atoms with Gasteiger partial charge in [-0.1, -0.05) is 17.7 Å². The second-order valence-corrected chi connectivity index (χ2v) is 3.72. The van der Waals surface area contributed by atoms with Crippen molar-refractivity contribution in [1.82, 2.24) is 9.97 Å². The van der Waals surface area contributed by atoms with E-state index in [0.717, 1.165) is 5.56 Å². The van der Waals surface area contributed by atoms with Crippen molar-refractivity contribution in [2.75, 3.05) is 11.1 Å². The summed E-state index contributed by atoms with van der Waals surface area (Å²) in [5.74, 6) is 0.625. The average Bonchev–Trinajstić information content (AvgIpc) is 2.29. The van der Waals surface area contributed by atoms with Crippen LogP contribution in [0.25, 0.3) is 0 Å². The van der Waals surface area contributed by atoms with Crippen LogP contribution in [0.3, 0.4) is 0 Å². The van der Waals surface area contributed by atoms with Crippen LogP contribution in [0.1, 0.15) is 5.56 Å². The number of pyridine rings is 2. The Kier molecular flexibility index (Phi) is 3.22. The van der Waals surface area contributed by atoms with Gasteiger partial charge in [0, 0.05) is 18.9 Å². The summed E-state index contributed by atoms with van der Waals surface area (Å²) in [7, 11) is 0. The first kappa shape index (κ1) is 10.7. The molecule has 82 valence electrons. The van der Waals surface area contributed by atoms with Gasteiger partial charge < -0.3 is 11.1 Å². The molecule has 0 radical (unpaired) electrons. The van der Waals surface area contributed by atoms with Crippen LogP contribution in [0.5, 0.6) is 0 Å². The number of hydrogen-bond acceptors (Lipinski definition) is 4. The molecule has 0 bridgehead atoms. The first-order valence-corrected chi connectivity index (χ1v) is 5.17. The summed E-state index contributed by atoms with van der Waals surface area (Å²) < 4.78 is 0. The Balaban J connectivity index is 2.05. The first-order valence-electron chi connectivity index (χ1n) is 4.79. The second-order valence-electron chi connectivity index (χ2n) is 3.31. The lowest BCUT2D eigenvalue weighted by molar-refractivity contribution is 1.09. The summed E-state index contributed by atoms with van der Waals surface area (Å²) in [6.07, 6.45) is 5.09. The minimum absolute atomic E-state index is 0.517. The fraction of sp³-hybridized carbons (Fsp3) is 0.0909. The highest BCUT2D eigenvalue weighted by Crippen LogP contribution is 2.21. The molecule has 4 nitrogen and oxygen atoms in total. The summed E-state index contributed by atoms with van der Waals surface area (Å²) in [5.41, 5.74) is 7.17. The number of hydrogen-bond donors (Lipinski definition) is 2. The zero-order valence-electron chi connectivity index (χ0n) is 8.52. The number of nitrogens with two attached hydrogens (primary N) is 1. The van der Waals surface area contributed by atoms with Crippen LogP contribution in [-0.2, 0) is 6.54 Å². The van der Waals surface area contributed by atoms with Crippen molar-refractivity contribution in [2.24, 2.45) is 0 Å². The van der Waals surface area contributed by atoms with Gasteiger partial charge in [-0.2, -0.15) is 0 Å². The van der Waals surface area contributed by atoms with E-state index in [1.54, 1.807) is 24.7 Å². The molecule has 2 rings (SSSR count). The monoisotopic (exact) mass is 234 g/mol. The van der Waals surface area contributed by atoms with Gasteiger partial charge in [0.1, 0.15) is 5.82 Å². The minimum Gasteiger partial charge on any atom is -0.397 e. The molecular weight excluding hydrogens is 224 g/mol. The molecule has 5 heteroatoms. The highest BCUT2D eigenvalue weighted by atomic mass is 35.5. The van der Waals surface area contributed by atoms with Crippen molar-refractivity contribution in [2.45, 2.75) is 6.54 Å². The largest absolute Gasteiger partial charge is 0.397 e. The normalized spacial score (nSPS) is 10.1. The lowest BCUT2D eigenvalue weighted by atomic mass is 10.3. The van der Waals surface area contributed by atoms with Gasteiger partial charge in [-0.3, -0.25) is 4.98 Å². The van der Waals surface area contributed by atoms with Gasteiger partial charge in [-0.05, 0) is 17.7 Å². The third-order valence-electron chi connectivity index (χ3n) is 2.05. The molecular formula is C11H11ClN4. The molecule has 16 heavy (non-hydrogen) atoms. The van der Waals surface area contributed by atoms with Gasteiger partial charge in [-0.15, -0.1) is 0 Å². The lowest BCUT2D eigenvalue weighted by Crippen LogP contribution is -2.02. The van der Waals surface area contributed by atoms with E-state index in [-0.39, 0.29) is 0 Å². The van der Waals surface area contributed by atoms with E-state index in [1.165, 1.54) is 0 Å². The molecule has 0 amide bonds. The van der Waals surface area contributed by atoms with Crippen molar-refractivity contribution in [3.63, 3.8) is 0 Å². The Bertz CT molecular complexity index is 473. The highest BCUT2D eigenvalue weighted by Gasteiger charge is 2.01. The Morgan fingerprint density at radius 1 is 1.38 bits per heavy atom. The van der Waals surface area contributed by atoms with E-state index in [4.69, 9.17) is 17.3 Å². The van der Waals surface area contributed by atoms with Gasteiger partial charge >= 0.3 is 0 Å². The van der Waals surface area contributed by atoms with Crippen LogP contribution < -0.4 is 11.1 Å². The smallest absolute Gasteiger partial charge is 0.145 e. The van der Waals surface area contributed by atoms with Crippen molar-refractivity contribution in [1.29, 1.82) is 0 Å². The third-order valence-corrected chi connectivity index (χ3v) is 2.33. The predicted molar refractivity (Wildman–Crippen MR) is 65.2 cm³/mol. The molecule has 0 saturated heterocycles. The lowest BCUT2D eigenvalue weighted by Gasteiger charge is -2.07. The third kappa shape index (κ3) is 2.61. The van der Waals surface area contributed by atoms with Crippen LogP contribution in [0, 0.1) is 0 Å². The molecule has 0 aliphatic rings. The molecule has 0 unspecified atom stereocenters. The van der Waals surface area contributed by atoms with Crippen LogP contribution in [-0.4, -0.2) is 9.97 Å². The minimum atomic E-state index is 0.517. The van der Waals surface area contributed by atoms with E-state index in [0.29, 0.717) is 23.1 Å². The first-order chi connectivity index (χ1) is 7.75. The van der Waals surface area contributed by atoms with Gasteiger partial charge in [0.25, 0.3) is 0 Å². The van der Waals surface area contributed by atoms with E-state index in [2.05, 4.69) is 15.3 Å². The molecule has 0 spiro atoms. The Morgan fingerprint density at radius 2 is 2.25 bits per heavy atom. The fourth-order valence-corrected chi connectivity index (χ4v) is 1.51. The molecule has 0 aliphatic heterocycles. The maximum Gasteiger partial charge on any atom is 0.145 e. The number of nitrogen functional groups attached to an aromatic ring is 1. The SMILES string of the molecule is Nc1cnc(NCc2cccnc2)c(Cl)c1. The maximum absolute atomic E-state index is 5.98. The Labute approximate surface area is 98.5 Å². The van der Waals surface area contributed by atoms with E-state index >= 15 is 0 Å². The maximum atomic E-state index is 5.98. The van der Waals surface area contributed by atoms with Crippen LogP contribution in [0.2, 0.25) is 5.02 Å². The topological polar surface area (TPSA) is 63.8 Å². The van der Waals surface area contributed by atoms with Gasteiger partial charge in [-0.25, -0.2) is 4.98 Å². The van der Waals surface area contributed by atoms with Gasteiger partial charge in [0.15, 0.2) is 0 Å². The molecule has 0 fully saturated rings. The molecule has 0 atom stereocenters. The zero-order valence-corrected chi connectivity index (χ0v) is 9.28. The van der Waals surface area contributed by atoms with Crippen molar-refractivity contribution in [3.05, 3.63) is 47.4 Å². The summed E-state index contributed by atoms with van der Waals surface area (Å²) >= 11 is 5.98. The number of halogens is 1. The van der Waals surface area contributed by atoms with Crippen molar-refractivity contribution in [3.8, 4) is 0 Å². The van der Waals surface area contributed by atoms with Crippen LogP contribution in [0.15, 0.2) is 36.8 Å². The quantitative estimate of drug-likeness (QED) is 0.856. The molecule has 0 aromatic carbocycles. The van der Waals surface area contributed by atoms with Crippen molar-refractivity contribution >= 4 is 23.1 Å².